The summed E-state index contributed by atoms with van der Waals surface area (Å²) in [6, 6.07) is 10.0. The van der Waals surface area contributed by atoms with Gasteiger partial charge in [0.15, 0.2) is 11.0 Å². The van der Waals surface area contributed by atoms with Gasteiger partial charge in [-0.25, -0.2) is 0 Å². The molecule has 0 bridgehead atoms. The molecule has 0 aliphatic carbocycles. The molecule has 4 aromatic rings. The molecule has 0 unspecified atom stereocenters. The van der Waals surface area contributed by atoms with Crippen LogP contribution in [0.3, 0.4) is 0 Å². The molecule has 3 nitrogen and oxygen atoms in total. The molecule has 14 heteroatoms. The molecule has 0 N–H and O–H groups in total. The third kappa shape index (κ3) is 4.23. The van der Waals surface area contributed by atoms with Crippen molar-refractivity contribution in [2.75, 3.05) is 19.4 Å². The number of hydrogen-bond acceptors (Lipinski definition) is 1. The number of halogens is 10. The first-order valence-corrected chi connectivity index (χ1v) is 12.7. The third-order valence-electron chi connectivity index (χ3n) is 6.77. The van der Waals surface area contributed by atoms with E-state index in [0.717, 1.165) is 16.6 Å². The van der Waals surface area contributed by atoms with E-state index in [1.165, 1.54) is 6.20 Å². The number of alkyl halides is 8. The van der Waals surface area contributed by atoms with Crippen LogP contribution in [0, 0.1) is 10.6 Å². The molecule has 3 heterocycles. The Morgan fingerprint density at radius 3 is 2.00 bits per heavy atom. The molecule has 210 valence electrons. The van der Waals surface area contributed by atoms with Gasteiger partial charge in [-0.15, -0.1) is 23.2 Å². The third-order valence-corrected chi connectivity index (χ3v) is 6.77. The quantitative estimate of drug-likeness (QED) is 0.133. The lowest BCUT2D eigenvalue weighted by atomic mass is 9.92. The van der Waals surface area contributed by atoms with Crippen molar-refractivity contribution in [2.45, 2.75) is 12.4 Å². The molecule has 0 radical (unpaired) electrons. The highest BCUT2D eigenvalue weighted by atomic mass is 35.5. The zero-order chi connectivity index (χ0) is 29.4. The summed E-state index contributed by atoms with van der Waals surface area (Å²) in [7, 11) is 3.25. The van der Waals surface area contributed by atoms with Crippen molar-refractivity contribution in [3.63, 3.8) is 0 Å². The lowest BCUT2D eigenvalue weighted by molar-refractivity contribution is -0.138. The zero-order valence-corrected chi connectivity index (χ0v) is 22.2. The number of nitrogens with zero attached hydrogens (tertiary/aromatic N) is 3. The Kier molecular flexibility index (Phi) is 6.65. The van der Waals surface area contributed by atoms with Gasteiger partial charge < -0.3 is 22.5 Å². The number of aromatic nitrogens is 1. The van der Waals surface area contributed by atoms with Crippen LogP contribution in [-0.4, -0.2) is 35.8 Å². The molecule has 6 rings (SSSR count). The second kappa shape index (κ2) is 9.41. The summed E-state index contributed by atoms with van der Waals surface area (Å²) in [5.41, 5.74) is -3.21. The molecule has 0 saturated heterocycles. The maximum atomic E-state index is 16.5. The highest BCUT2D eigenvalue weighted by Gasteiger charge is 2.53. The van der Waals surface area contributed by atoms with E-state index >= 15 is 8.63 Å². The van der Waals surface area contributed by atoms with Crippen LogP contribution < -0.4 is 15.2 Å². The van der Waals surface area contributed by atoms with E-state index in [9.17, 15) is 26.3 Å². The summed E-state index contributed by atoms with van der Waals surface area (Å²) >= 11 is 9.53. The Labute approximate surface area is 231 Å². The molecule has 0 saturated carbocycles. The predicted molar refractivity (Wildman–Crippen MR) is 140 cm³/mol. The van der Waals surface area contributed by atoms with Crippen molar-refractivity contribution in [3.8, 4) is 11.1 Å². The van der Waals surface area contributed by atoms with Crippen molar-refractivity contribution < 1.29 is 35.0 Å². The number of rotatable bonds is 1. The Hall–Kier alpha value is -3.25. The van der Waals surface area contributed by atoms with Gasteiger partial charge in [-0.2, -0.15) is 26.3 Å². The van der Waals surface area contributed by atoms with Crippen LogP contribution in [0.2, 0.25) is 0 Å². The zero-order valence-electron chi connectivity index (χ0n) is 20.7. The highest BCUT2D eigenvalue weighted by Crippen LogP contribution is 2.42. The second-order valence-electron chi connectivity index (χ2n) is 9.45. The summed E-state index contributed by atoms with van der Waals surface area (Å²) in [6.45, 7) is -4.72. The smallest absolute Gasteiger partial charge is 0.389 e. The van der Waals surface area contributed by atoms with Gasteiger partial charge in [0.25, 0.3) is 0 Å². The van der Waals surface area contributed by atoms with Gasteiger partial charge in [-0.1, -0.05) is 24.3 Å². The second-order valence-corrected chi connectivity index (χ2v) is 10.3. The van der Waals surface area contributed by atoms with Crippen molar-refractivity contribution >= 4 is 52.8 Å². The molecule has 1 aromatic heterocycles. The van der Waals surface area contributed by atoms with Gasteiger partial charge in [0.1, 0.15) is 0 Å². The Morgan fingerprint density at radius 2 is 1.43 bits per heavy atom. The fraction of sp³-hybridized carbons (Fsp3) is 0.192. The Bertz CT molecular complexity index is 1900. The molecular formula is C26H18BCl2F8N3. The van der Waals surface area contributed by atoms with Crippen LogP contribution in [0.25, 0.3) is 28.1 Å². The van der Waals surface area contributed by atoms with Crippen LogP contribution in [0.4, 0.5) is 40.7 Å². The van der Waals surface area contributed by atoms with Gasteiger partial charge in [0.05, 0.1) is 32.8 Å². The lowest BCUT2D eigenvalue weighted by Gasteiger charge is -2.26. The number of benzene rings is 3. The van der Waals surface area contributed by atoms with Crippen LogP contribution in [0.1, 0.15) is 11.1 Å². The van der Waals surface area contributed by atoms with Gasteiger partial charge in [-0.3, -0.25) is 0 Å². The minimum atomic E-state index is -4.86. The fourth-order valence-corrected chi connectivity index (χ4v) is 5.41. The van der Waals surface area contributed by atoms with Crippen molar-refractivity contribution in [3.05, 3.63) is 87.0 Å². The molecule has 0 amide bonds. The number of hydrogen-bond donors (Lipinski definition) is 0. The van der Waals surface area contributed by atoms with E-state index in [0.29, 0.717) is 33.5 Å². The molecule has 2 aliphatic rings. The summed E-state index contributed by atoms with van der Waals surface area (Å²) in [5, 5.41) is 0.510. The predicted octanol–water partition coefficient (Wildman–Crippen LogP) is 6.73. The molecular weight excluding hydrogens is 588 g/mol. The van der Waals surface area contributed by atoms with E-state index in [-0.39, 0.29) is 43.4 Å². The van der Waals surface area contributed by atoms with E-state index < -0.39 is 30.4 Å². The monoisotopic (exact) mass is 605 g/mol. The minimum Gasteiger partial charge on any atom is -0.389 e. The van der Waals surface area contributed by atoms with Crippen LogP contribution in [0.5, 0.6) is 0 Å². The fourth-order valence-electron chi connectivity index (χ4n) is 5.41. The van der Waals surface area contributed by atoms with Crippen molar-refractivity contribution in [1.29, 1.82) is 0 Å². The molecule has 3 aromatic carbocycles. The molecule has 40 heavy (non-hydrogen) atoms. The SMILES string of the molecule is CN(C)/C=c1\c2ccccc2c2n1[B-](F)(F)[N+]1=c3c(cc(C(F)(F)F)cc3=2)-c2cc(C(F)(F)F)ccc21.ClCCl. The minimum absolute atomic E-state index is 0.0746. The summed E-state index contributed by atoms with van der Waals surface area (Å²) < 4.78 is 117. The first kappa shape index (κ1) is 28.3. The Balaban J connectivity index is 0.00000103. The topological polar surface area (TPSA) is 11.2 Å². The largest absolute Gasteiger partial charge is 0.738 e. The van der Waals surface area contributed by atoms with E-state index in [1.807, 2.05) is 0 Å². The average Bonchev–Trinajstić information content (AvgIpc) is 3.36. The average molecular weight is 606 g/mol. The summed E-state index contributed by atoms with van der Waals surface area (Å²) in [4.78, 5) is 1.54. The molecule has 0 atom stereocenters. The van der Waals surface area contributed by atoms with Gasteiger partial charge in [0, 0.05) is 47.8 Å². The lowest BCUT2D eigenvalue weighted by Crippen LogP contribution is -2.57. The normalized spacial score (nSPS) is 15.4. The van der Waals surface area contributed by atoms with Gasteiger partial charge >= 0.3 is 19.3 Å². The van der Waals surface area contributed by atoms with Gasteiger partial charge in [0.2, 0.25) is 0 Å². The summed E-state index contributed by atoms with van der Waals surface area (Å²) in [6.07, 6.45) is -8.22. The standard InChI is InChI=1S/C25H16BF8N3.CH2Cl2/c1-35(2)12-21-15-5-3-4-6-16(15)22-19-11-14(25(30,31)32)10-18-17-9-13(24(27,28)29)7-8-20(17)36(23(18)19)26(33,34)37(21)22;2-1-3/h3-12H,1-2H3;1H2/b21-12+;. The Morgan fingerprint density at radius 1 is 0.850 bits per heavy atom. The molecule has 2 aliphatic heterocycles. The van der Waals surface area contributed by atoms with Crippen LogP contribution in [0.15, 0.2) is 54.6 Å². The van der Waals surface area contributed by atoms with Crippen LogP contribution in [-0.2, 0) is 12.4 Å². The molecule has 0 spiro atoms. The van der Waals surface area contributed by atoms with Crippen LogP contribution >= 0.6 is 23.2 Å². The van der Waals surface area contributed by atoms with Crippen molar-refractivity contribution in [1.82, 2.24) is 13.9 Å². The van der Waals surface area contributed by atoms with E-state index in [1.54, 1.807) is 43.3 Å². The van der Waals surface area contributed by atoms with Crippen molar-refractivity contribution in [2.24, 2.45) is 0 Å². The maximum Gasteiger partial charge on any atom is 0.738 e. The van der Waals surface area contributed by atoms with E-state index in [2.05, 4.69) is 0 Å². The maximum absolute atomic E-state index is 16.5. The first-order valence-electron chi connectivity index (χ1n) is 11.7. The van der Waals surface area contributed by atoms with Gasteiger partial charge in [-0.05, 0) is 24.3 Å². The van der Waals surface area contributed by atoms with E-state index in [4.69, 9.17) is 23.2 Å². The summed E-state index contributed by atoms with van der Waals surface area (Å²) in [5.74, 6) is 0. The first-order chi connectivity index (χ1) is 18.6. The molecule has 0 fully saturated rings. The highest BCUT2D eigenvalue weighted by molar-refractivity contribution is 6.64. The number of fused-ring (bicyclic) bond motifs is 6.